The first-order valence-electron chi connectivity index (χ1n) is 12.0. The molecule has 1 aromatic heterocycles. The molecule has 2 heterocycles. The lowest BCUT2D eigenvalue weighted by Gasteiger charge is -2.32. The molecular formula is C26H30N4O5. The van der Waals surface area contributed by atoms with E-state index in [1.54, 1.807) is 12.1 Å². The van der Waals surface area contributed by atoms with E-state index in [9.17, 15) is 14.9 Å². The number of nitrogens with zero attached hydrogens (tertiary/aromatic N) is 4. The Morgan fingerprint density at radius 2 is 1.89 bits per heavy atom. The molecule has 0 aliphatic carbocycles. The zero-order valence-corrected chi connectivity index (χ0v) is 19.8. The molecule has 0 bridgehead atoms. The van der Waals surface area contributed by atoms with Gasteiger partial charge in [-0.3, -0.25) is 19.8 Å². The van der Waals surface area contributed by atoms with Gasteiger partial charge in [0, 0.05) is 31.2 Å². The van der Waals surface area contributed by atoms with E-state index in [1.807, 2.05) is 6.07 Å². The smallest absolute Gasteiger partial charge is 0.303 e. The molecule has 0 spiro atoms. The Morgan fingerprint density at radius 1 is 1.17 bits per heavy atom. The molecule has 2 aromatic carbocycles. The van der Waals surface area contributed by atoms with Crippen LogP contribution in [0, 0.1) is 16.0 Å². The third-order valence-electron chi connectivity index (χ3n) is 6.40. The Labute approximate surface area is 204 Å². The maximum atomic E-state index is 11.7. The highest BCUT2D eigenvalue weighted by atomic mass is 16.6. The fraction of sp³-hybridized carbons (Fsp3) is 0.423. The van der Waals surface area contributed by atoms with Crippen LogP contribution in [-0.4, -0.2) is 39.0 Å². The number of carbonyl (C=O) groups is 1. The van der Waals surface area contributed by atoms with Gasteiger partial charge in [0.15, 0.2) is 6.10 Å². The van der Waals surface area contributed by atoms with Crippen molar-refractivity contribution >= 4 is 11.7 Å². The number of hydrogen-bond donors (Lipinski definition) is 0. The van der Waals surface area contributed by atoms with E-state index in [1.165, 1.54) is 24.6 Å². The van der Waals surface area contributed by atoms with Crippen LogP contribution in [0.2, 0.25) is 0 Å². The van der Waals surface area contributed by atoms with Crippen LogP contribution in [0.15, 0.2) is 59.1 Å². The number of esters is 1. The van der Waals surface area contributed by atoms with Crippen molar-refractivity contribution < 1.29 is 19.0 Å². The number of rotatable bonds is 10. The molecule has 184 valence electrons. The number of benzene rings is 2. The van der Waals surface area contributed by atoms with Gasteiger partial charge in [-0.2, -0.15) is 4.98 Å². The van der Waals surface area contributed by atoms with Gasteiger partial charge in [0.25, 0.3) is 11.6 Å². The van der Waals surface area contributed by atoms with Crippen molar-refractivity contribution in [1.29, 1.82) is 0 Å². The third kappa shape index (κ3) is 6.95. The number of nitro benzene ring substituents is 1. The molecule has 9 nitrogen and oxygen atoms in total. The van der Waals surface area contributed by atoms with Gasteiger partial charge in [0.05, 0.1) is 4.92 Å². The van der Waals surface area contributed by atoms with Crippen LogP contribution in [0.4, 0.5) is 5.69 Å². The molecule has 1 aliphatic rings. The number of piperidine rings is 1. The van der Waals surface area contributed by atoms with Gasteiger partial charge in [0.1, 0.15) is 0 Å². The molecular weight excluding hydrogens is 448 g/mol. The molecule has 1 saturated heterocycles. The van der Waals surface area contributed by atoms with E-state index in [-0.39, 0.29) is 11.6 Å². The van der Waals surface area contributed by atoms with Crippen molar-refractivity contribution in [3.05, 3.63) is 76.1 Å². The Hall–Kier alpha value is -3.59. The molecule has 35 heavy (non-hydrogen) atoms. The number of hydrogen-bond acceptors (Lipinski definition) is 8. The molecule has 4 rings (SSSR count). The van der Waals surface area contributed by atoms with Crippen LogP contribution >= 0.6 is 0 Å². The maximum Gasteiger partial charge on any atom is 0.303 e. The molecule has 0 N–H and O–H groups in total. The summed E-state index contributed by atoms with van der Waals surface area (Å²) in [4.78, 5) is 29.0. The molecule has 0 amide bonds. The maximum absolute atomic E-state index is 11.7. The van der Waals surface area contributed by atoms with Crippen molar-refractivity contribution in [3.63, 3.8) is 0 Å². The summed E-state index contributed by atoms with van der Waals surface area (Å²) in [6.45, 7) is 4.55. The number of aromatic nitrogens is 2. The summed E-state index contributed by atoms with van der Waals surface area (Å²) in [5.41, 5.74) is 1.90. The van der Waals surface area contributed by atoms with Gasteiger partial charge in [-0.25, -0.2) is 0 Å². The molecule has 1 unspecified atom stereocenters. The minimum Gasteiger partial charge on any atom is -0.454 e. The second-order valence-electron chi connectivity index (χ2n) is 9.00. The average Bonchev–Trinajstić information content (AvgIpc) is 3.35. The van der Waals surface area contributed by atoms with Gasteiger partial charge in [-0.15, -0.1) is 0 Å². The highest BCUT2D eigenvalue weighted by Gasteiger charge is 2.24. The molecule has 1 aliphatic heterocycles. The molecule has 1 atom stereocenters. The van der Waals surface area contributed by atoms with E-state index in [2.05, 4.69) is 39.3 Å². The second-order valence-corrected chi connectivity index (χ2v) is 9.00. The predicted octanol–water partition coefficient (Wildman–Crippen LogP) is 5.33. The van der Waals surface area contributed by atoms with Crippen LogP contribution in [-0.2, 0) is 16.1 Å². The summed E-state index contributed by atoms with van der Waals surface area (Å²) < 4.78 is 10.8. The average molecular weight is 479 g/mol. The van der Waals surface area contributed by atoms with Crippen molar-refractivity contribution in [2.75, 3.05) is 13.1 Å². The van der Waals surface area contributed by atoms with Crippen molar-refractivity contribution in [2.45, 2.75) is 51.7 Å². The lowest BCUT2D eigenvalue weighted by atomic mass is 9.90. The van der Waals surface area contributed by atoms with Gasteiger partial charge >= 0.3 is 5.97 Å². The molecule has 1 fully saturated rings. The molecule has 0 radical (unpaired) electrons. The summed E-state index contributed by atoms with van der Waals surface area (Å²) in [6, 6.07) is 16.4. The van der Waals surface area contributed by atoms with Gasteiger partial charge in [0.2, 0.25) is 5.82 Å². The molecule has 3 aromatic rings. The number of non-ortho nitro benzene ring substituents is 1. The monoisotopic (exact) mass is 478 g/mol. The summed E-state index contributed by atoms with van der Waals surface area (Å²) in [5, 5.41) is 14.9. The first-order valence-corrected chi connectivity index (χ1v) is 12.0. The minimum absolute atomic E-state index is 0.0165. The standard InChI is InChI=1S/C26H30N4O5/c1-19(31)34-24(25-27-26(35-28-25)22-10-12-23(13-11-22)30(32)33)9-5-8-20-14-16-29(17-15-20)18-21-6-3-2-4-7-21/h2-4,6-7,10-13,20,24H,5,8-9,14-18H2,1H3. The van der Waals surface area contributed by atoms with E-state index in [4.69, 9.17) is 9.26 Å². The third-order valence-corrected chi connectivity index (χ3v) is 6.40. The quantitative estimate of drug-likeness (QED) is 0.218. The summed E-state index contributed by atoms with van der Waals surface area (Å²) in [6.07, 6.45) is 4.31. The van der Waals surface area contributed by atoms with Crippen LogP contribution in [0.5, 0.6) is 0 Å². The topological polar surface area (TPSA) is 112 Å². The number of nitro groups is 1. The highest BCUT2D eigenvalue weighted by Crippen LogP contribution is 2.29. The first-order chi connectivity index (χ1) is 17.0. The van der Waals surface area contributed by atoms with E-state index >= 15 is 0 Å². The van der Waals surface area contributed by atoms with E-state index in [0.29, 0.717) is 23.7 Å². The summed E-state index contributed by atoms with van der Waals surface area (Å²) >= 11 is 0. The fourth-order valence-electron chi connectivity index (χ4n) is 4.52. The Morgan fingerprint density at radius 3 is 2.54 bits per heavy atom. The Bertz CT molecular complexity index is 1110. The van der Waals surface area contributed by atoms with E-state index < -0.39 is 17.0 Å². The van der Waals surface area contributed by atoms with Crippen LogP contribution in [0.3, 0.4) is 0 Å². The summed E-state index contributed by atoms with van der Waals surface area (Å²) in [5.74, 6) is 0.802. The number of carbonyl (C=O) groups excluding carboxylic acids is 1. The van der Waals surface area contributed by atoms with Crippen LogP contribution < -0.4 is 0 Å². The molecule has 9 heteroatoms. The van der Waals surface area contributed by atoms with Gasteiger partial charge < -0.3 is 9.26 Å². The fourth-order valence-corrected chi connectivity index (χ4v) is 4.52. The largest absolute Gasteiger partial charge is 0.454 e. The summed E-state index contributed by atoms with van der Waals surface area (Å²) in [7, 11) is 0. The zero-order valence-electron chi connectivity index (χ0n) is 19.8. The SMILES string of the molecule is CC(=O)OC(CCCC1CCN(Cc2ccccc2)CC1)c1noc(-c2ccc([N+](=O)[O-])cc2)n1. The number of ether oxygens (including phenoxy) is 1. The van der Waals surface area contributed by atoms with Crippen LogP contribution in [0.1, 0.15) is 56.5 Å². The van der Waals surface area contributed by atoms with E-state index in [0.717, 1.165) is 45.3 Å². The lowest BCUT2D eigenvalue weighted by Crippen LogP contribution is -2.33. The molecule has 0 saturated carbocycles. The zero-order chi connectivity index (χ0) is 24.6. The Kier molecular flexibility index (Phi) is 8.20. The van der Waals surface area contributed by atoms with Gasteiger partial charge in [-0.05, 0) is 62.4 Å². The Balaban J connectivity index is 1.28. The lowest BCUT2D eigenvalue weighted by molar-refractivity contribution is -0.384. The minimum atomic E-state index is -0.582. The second kappa shape index (κ2) is 11.7. The first kappa shape index (κ1) is 24.5. The van der Waals surface area contributed by atoms with Crippen molar-refractivity contribution in [1.82, 2.24) is 15.0 Å². The predicted molar refractivity (Wildman–Crippen MR) is 129 cm³/mol. The van der Waals surface area contributed by atoms with Crippen molar-refractivity contribution in [2.24, 2.45) is 5.92 Å². The normalized spacial score (nSPS) is 15.6. The highest BCUT2D eigenvalue weighted by molar-refractivity contribution is 5.66. The van der Waals surface area contributed by atoms with Crippen LogP contribution in [0.25, 0.3) is 11.5 Å². The van der Waals surface area contributed by atoms with Crippen molar-refractivity contribution in [3.8, 4) is 11.5 Å². The number of likely N-dealkylation sites (tertiary alicyclic amines) is 1. The van der Waals surface area contributed by atoms with Gasteiger partial charge in [-0.1, -0.05) is 41.9 Å².